The van der Waals surface area contributed by atoms with Crippen LogP contribution in [0.15, 0.2) is 23.1 Å². The number of nitrogens with one attached hydrogen (secondary N) is 2. The van der Waals surface area contributed by atoms with E-state index in [1.54, 1.807) is 13.8 Å². The average molecular weight is 391 g/mol. The molecule has 1 amide bonds. The molecule has 2 heterocycles. The molecule has 0 radical (unpaired) electrons. The lowest BCUT2D eigenvalue weighted by atomic mass is 9.98. The van der Waals surface area contributed by atoms with Gasteiger partial charge in [-0.25, -0.2) is 8.42 Å². The summed E-state index contributed by atoms with van der Waals surface area (Å²) in [4.78, 5) is 13.0. The van der Waals surface area contributed by atoms with Crippen molar-refractivity contribution in [2.45, 2.75) is 45.4 Å². The number of carbonyl (C=O) groups excluding carboxylic acids is 1. The minimum Gasteiger partial charge on any atom is -0.325 e. The van der Waals surface area contributed by atoms with Crippen LogP contribution in [0.25, 0.3) is 0 Å². The Kier molecular flexibility index (Phi) is 5.39. The van der Waals surface area contributed by atoms with Crippen molar-refractivity contribution in [2.75, 3.05) is 18.4 Å². The summed E-state index contributed by atoms with van der Waals surface area (Å²) in [6.45, 7) is 7.87. The van der Waals surface area contributed by atoms with Crippen molar-refractivity contribution in [1.29, 1.82) is 0 Å². The molecule has 1 aliphatic heterocycles. The number of anilines is 1. The second-order valence-electron chi connectivity index (χ2n) is 7.22. The zero-order valence-corrected chi connectivity index (χ0v) is 17.0. The number of aryl methyl sites for hydroxylation is 4. The van der Waals surface area contributed by atoms with Gasteiger partial charge in [-0.1, -0.05) is 18.2 Å². The van der Waals surface area contributed by atoms with Crippen LogP contribution in [0.1, 0.15) is 35.4 Å². The number of nitrogens with zero attached hydrogens (tertiary/aromatic N) is 2. The predicted molar refractivity (Wildman–Crippen MR) is 104 cm³/mol. The fourth-order valence-corrected chi connectivity index (χ4v) is 5.52. The van der Waals surface area contributed by atoms with Crippen LogP contribution in [0.5, 0.6) is 0 Å². The molecule has 1 unspecified atom stereocenters. The molecular formula is C19H26N4O3S. The third-order valence-corrected chi connectivity index (χ3v) is 7.27. The van der Waals surface area contributed by atoms with E-state index in [4.69, 9.17) is 0 Å². The standard InChI is InChI=1S/C19H26N4O3S/c1-12-7-5-8-13(2)17(12)20-19(24)16-9-6-10-23(11-16)27(25,26)18-14(3)21-22-15(18)4/h5,7-8,16H,6,9-11H2,1-4H3,(H,20,24)(H,21,22). The van der Waals surface area contributed by atoms with Gasteiger partial charge in [-0.2, -0.15) is 9.40 Å². The summed E-state index contributed by atoms with van der Waals surface area (Å²) in [5.74, 6) is -0.506. The van der Waals surface area contributed by atoms with Crippen LogP contribution in [0.3, 0.4) is 0 Å². The van der Waals surface area contributed by atoms with Crippen LogP contribution >= 0.6 is 0 Å². The molecule has 0 bridgehead atoms. The maximum atomic E-state index is 13.1. The van der Waals surface area contributed by atoms with Crippen LogP contribution in [-0.4, -0.2) is 41.9 Å². The summed E-state index contributed by atoms with van der Waals surface area (Å²) in [6.07, 6.45) is 1.33. The molecule has 0 saturated carbocycles. The normalized spacial score (nSPS) is 18.4. The fourth-order valence-electron chi connectivity index (χ4n) is 3.66. The molecule has 1 saturated heterocycles. The number of benzene rings is 1. The Bertz CT molecular complexity index is 926. The third-order valence-electron chi connectivity index (χ3n) is 5.14. The second kappa shape index (κ2) is 7.44. The van der Waals surface area contributed by atoms with E-state index in [-0.39, 0.29) is 23.3 Å². The molecule has 2 aromatic rings. The Balaban J connectivity index is 1.79. The lowest BCUT2D eigenvalue weighted by molar-refractivity contribution is -0.120. The van der Waals surface area contributed by atoms with Gasteiger partial charge >= 0.3 is 0 Å². The number of hydrogen-bond acceptors (Lipinski definition) is 4. The van der Waals surface area contributed by atoms with Crippen molar-refractivity contribution in [3.63, 3.8) is 0 Å². The first-order chi connectivity index (χ1) is 12.7. The number of hydrogen-bond donors (Lipinski definition) is 2. The number of amides is 1. The van der Waals surface area contributed by atoms with E-state index >= 15 is 0 Å². The lowest BCUT2D eigenvalue weighted by Crippen LogP contribution is -2.44. The summed E-state index contributed by atoms with van der Waals surface area (Å²) < 4.78 is 27.5. The smallest absolute Gasteiger partial charge is 0.246 e. The van der Waals surface area contributed by atoms with E-state index in [9.17, 15) is 13.2 Å². The minimum atomic E-state index is -3.68. The van der Waals surface area contributed by atoms with Crippen molar-refractivity contribution < 1.29 is 13.2 Å². The quantitative estimate of drug-likeness (QED) is 0.839. The van der Waals surface area contributed by atoms with E-state index in [0.717, 1.165) is 16.8 Å². The molecule has 2 N–H and O–H groups in total. The van der Waals surface area contributed by atoms with Gasteiger partial charge in [-0.3, -0.25) is 9.89 Å². The lowest BCUT2D eigenvalue weighted by Gasteiger charge is -2.31. The molecule has 1 aromatic heterocycles. The topological polar surface area (TPSA) is 95.2 Å². The first-order valence-corrected chi connectivity index (χ1v) is 10.5. The number of para-hydroxylation sites is 1. The van der Waals surface area contributed by atoms with E-state index in [1.165, 1.54) is 4.31 Å². The highest BCUT2D eigenvalue weighted by molar-refractivity contribution is 7.89. The van der Waals surface area contributed by atoms with Crippen molar-refractivity contribution in [3.8, 4) is 0 Å². The molecule has 1 aromatic carbocycles. The number of piperidine rings is 1. The molecule has 1 fully saturated rings. The number of rotatable bonds is 4. The molecule has 8 heteroatoms. The number of sulfonamides is 1. The van der Waals surface area contributed by atoms with Crippen molar-refractivity contribution in [2.24, 2.45) is 5.92 Å². The first-order valence-electron chi connectivity index (χ1n) is 9.10. The minimum absolute atomic E-state index is 0.132. The van der Waals surface area contributed by atoms with E-state index in [2.05, 4.69) is 15.5 Å². The van der Waals surface area contributed by atoms with Gasteiger partial charge in [-0.05, 0) is 51.7 Å². The second-order valence-corrected chi connectivity index (χ2v) is 9.10. The highest BCUT2D eigenvalue weighted by atomic mass is 32.2. The van der Waals surface area contributed by atoms with Crippen LogP contribution < -0.4 is 5.32 Å². The molecule has 0 aliphatic carbocycles. The Hall–Kier alpha value is -2.19. The molecule has 7 nitrogen and oxygen atoms in total. The maximum Gasteiger partial charge on any atom is 0.246 e. The average Bonchev–Trinajstić information content (AvgIpc) is 2.97. The Labute approximate surface area is 160 Å². The molecular weight excluding hydrogens is 364 g/mol. The van der Waals surface area contributed by atoms with Gasteiger partial charge in [0.25, 0.3) is 0 Å². The predicted octanol–water partition coefficient (Wildman–Crippen LogP) is 2.68. The molecule has 1 atom stereocenters. The zero-order chi connectivity index (χ0) is 19.8. The monoisotopic (exact) mass is 390 g/mol. The van der Waals surface area contributed by atoms with E-state index < -0.39 is 10.0 Å². The number of H-pyrrole nitrogens is 1. The van der Waals surface area contributed by atoms with Crippen molar-refractivity contribution >= 4 is 21.6 Å². The van der Waals surface area contributed by atoms with Crippen molar-refractivity contribution in [3.05, 3.63) is 40.7 Å². The van der Waals surface area contributed by atoms with E-state index in [0.29, 0.717) is 30.8 Å². The van der Waals surface area contributed by atoms with Crippen LogP contribution in [0.2, 0.25) is 0 Å². The zero-order valence-electron chi connectivity index (χ0n) is 16.2. The highest BCUT2D eigenvalue weighted by Gasteiger charge is 2.35. The largest absolute Gasteiger partial charge is 0.325 e. The molecule has 0 spiro atoms. The van der Waals surface area contributed by atoms with Crippen LogP contribution in [0.4, 0.5) is 5.69 Å². The van der Waals surface area contributed by atoms with Crippen LogP contribution in [0, 0.1) is 33.6 Å². The Morgan fingerprint density at radius 1 is 1.22 bits per heavy atom. The number of aromatic nitrogens is 2. The van der Waals surface area contributed by atoms with E-state index in [1.807, 2.05) is 32.0 Å². The Morgan fingerprint density at radius 3 is 2.48 bits per heavy atom. The molecule has 1 aliphatic rings. The van der Waals surface area contributed by atoms with Gasteiger partial charge in [-0.15, -0.1) is 0 Å². The van der Waals surface area contributed by atoms with Gasteiger partial charge < -0.3 is 5.32 Å². The fraction of sp³-hybridized carbons (Fsp3) is 0.474. The summed E-state index contributed by atoms with van der Waals surface area (Å²) in [7, 11) is -3.68. The third kappa shape index (κ3) is 3.77. The summed E-state index contributed by atoms with van der Waals surface area (Å²) in [6, 6.07) is 5.85. The van der Waals surface area contributed by atoms with Crippen molar-refractivity contribution in [1.82, 2.24) is 14.5 Å². The first kappa shape index (κ1) is 19.6. The Morgan fingerprint density at radius 2 is 1.89 bits per heavy atom. The number of aromatic amines is 1. The molecule has 3 rings (SSSR count). The van der Waals surface area contributed by atoms with Crippen LogP contribution in [-0.2, 0) is 14.8 Å². The number of carbonyl (C=O) groups is 1. The molecule has 146 valence electrons. The summed E-state index contributed by atoms with van der Waals surface area (Å²) in [5, 5.41) is 9.72. The summed E-state index contributed by atoms with van der Waals surface area (Å²) >= 11 is 0. The van der Waals surface area contributed by atoms with Gasteiger partial charge in [0.2, 0.25) is 15.9 Å². The van der Waals surface area contributed by atoms with Gasteiger partial charge in [0.1, 0.15) is 4.90 Å². The highest BCUT2D eigenvalue weighted by Crippen LogP contribution is 2.28. The van der Waals surface area contributed by atoms with Gasteiger partial charge in [0, 0.05) is 18.8 Å². The maximum absolute atomic E-state index is 13.1. The SMILES string of the molecule is Cc1cccc(C)c1NC(=O)C1CCCN(S(=O)(=O)c2c(C)n[nH]c2C)C1. The molecule has 27 heavy (non-hydrogen) atoms. The van der Waals surface area contributed by atoms with Gasteiger partial charge in [0.05, 0.1) is 17.3 Å². The van der Waals surface area contributed by atoms with Gasteiger partial charge in [0.15, 0.2) is 0 Å². The summed E-state index contributed by atoms with van der Waals surface area (Å²) in [5.41, 5.74) is 3.77.